The molecule has 1 aliphatic rings. The van der Waals surface area contributed by atoms with E-state index in [0.717, 1.165) is 0 Å². The minimum Gasteiger partial charge on any atom is -0.507 e. The molecule has 0 radical (unpaired) electrons. The third kappa shape index (κ3) is 4.99. The molecule has 4 rings (SSSR count). The summed E-state index contributed by atoms with van der Waals surface area (Å²) >= 11 is 6.25. The van der Waals surface area contributed by atoms with Crippen LogP contribution in [0.25, 0.3) is 5.76 Å². The van der Waals surface area contributed by atoms with E-state index in [1.807, 2.05) is 13.8 Å². The van der Waals surface area contributed by atoms with E-state index in [9.17, 15) is 14.7 Å². The number of nitrogens with zero attached hydrogens (tertiary/aromatic N) is 1. The second-order valence-corrected chi connectivity index (χ2v) is 8.70. The van der Waals surface area contributed by atoms with Crippen molar-refractivity contribution in [3.8, 4) is 23.0 Å². The van der Waals surface area contributed by atoms with Crippen LogP contribution in [0.1, 0.15) is 31.0 Å². The highest BCUT2D eigenvalue weighted by molar-refractivity contribution is 6.51. The number of halogens is 1. The standard InChI is InChI=1S/C29H28ClNO7/c1-5-37-19-11-7-9-17(13-19)26-25(27(32)21-15-24(36-4)22(30)16-23(21)35-3)28(33)29(34)31(26)18-10-8-12-20(14-18)38-6-2/h7-16,26,32H,5-6H2,1-4H3/b27-25+. The number of hydrogen-bond donors (Lipinski definition) is 1. The summed E-state index contributed by atoms with van der Waals surface area (Å²) < 4.78 is 22.0. The first-order valence-corrected chi connectivity index (χ1v) is 12.4. The monoisotopic (exact) mass is 537 g/mol. The predicted octanol–water partition coefficient (Wildman–Crippen LogP) is 5.78. The van der Waals surface area contributed by atoms with Gasteiger partial charge in [0.05, 0.1) is 49.6 Å². The molecule has 1 heterocycles. The van der Waals surface area contributed by atoms with E-state index in [0.29, 0.717) is 36.0 Å². The Balaban J connectivity index is 1.99. The number of aliphatic hydroxyl groups is 1. The third-order valence-corrected chi connectivity index (χ3v) is 6.36. The average Bonchev–Trinajstić information content (AvgIpc) is 3.19. The van der Waals surface area contributed by atoms with Crippen LogP contribution in [0.4, 0.5) is 5.69 Å². The lowest BCUT2D eigenvalue weighted by Gasteiger charge is -2.26. The number of aliphatic hydroxyl groups excluding tert-OH is 1. The minimum atomic E-state index is -0.973. The molecule has 8 nitrogen and oxygen atoms in total. The smallest absolute Gasteiger partial charge is 0.300 e. The Hall–Kier alpha value is -4.17. The van der Waals surface area contributed by atoms with Gasteiger partial charge in [0.1, 0.15) is 28.8 Å². The molecule has 1 atom stereocenters. The molecule has 1 saturated heterocycles. The lowest BCUT2D eigenvalue weighted by Crippen LogP contribution is -2.29. The second kappa shape index (κ2) is 11.5. The van der Waals surface area contributed by atoms with Gasteiger partial charge in [0.2, 0.25) is 0 Å². The van der Waals surface area contributed by atoms with E-state index in [2.05, 4.69) is 0 Å². The van der Waals surface area contributed by atoms with Crippen LogP contribution in [0.3, 0.4) is 0 Å². The van der Waals surface area contributed by atoms with E-state index in [1.165, 1.54) is 31.3 Å². The first-order chi connectivity index (χ1) is 18.3. The predicted molar refractivity (Wildman–Crippen MR) is 145 cm³/mol. The highest BCUT2D eigenvalue weighted by Crippen LogP contribution is 2.45. The quantitative estimate of drug-likeness (QED) is 0.210. The van der Waals surface area contributed by atoms with Crippen molar-refractivity contribution in [2.75, 3.05) is 32.3 Å². The molecule has 1 fully saturated rings. The van der Waals surface area contributed by atoms with Gasteiger partial charge >= 0.3 is 0 Å². The van der Waals surface area contributed by atoms with Gasteiger partial charge in [-0.2, -0.15) is 0 Å². The number of hydrogen-bond acceptors (Lipinski definition) is 7. The van der Waals surface area contributed by atoms with Crippen molar-refractivity contribution in [1.82, 2.24) is 0 Å². The zero-order valence-corrected chi connectivity index (χ0v) is 22.2. The van der Waals surface area contributed by atoms with Gasteiger partial charge in [-0.1, -0.05) is 29.8 Å². The SMILES string of the molecule is CCOc1cccc(C2/C(=C(\O)c3cc(OC)c(Cl)cc3OC)C(=O)C(=O)N2c2cccc(OCC)c2)c1. The summed E-state index contributed by atoms with van der Waals surface area (Å²) in [5, 5.41) is 11.8. The number of benzene rings is 3. The number of amides is 1. The highest BCUT2D eigenvalue weighted by atomic mass is 35.5. The summed E-state index contributed by atoms with van der Waals surface area (Å²) in [5.74, 6) is -0.506. The lowest BCUT2D eigenvalue weighted by atomic mass is 9.94. The maximum absolute atomic E-state index is 13.6. The Morgan fingerprint density at radius 3 is 2.16 bits per heavy atom. The van der Waals surface area contributed by atoms with Gasteiger partial charge in [0.25, 0.3) is 11.7 Å². The maximum Gasteiger partial charge on any atom is 0.300 e. The van der Waals surface area contributed by atoms with Gasteiger partial charge in [0.15, 0.2) is 0 Å². The Bertz CT molecular complexity index is 1400. The Labute approximate surface area is 225 Å². The molecule has 9 heteroatoms. The van der Waals surface area contributed by atoms with Crippen LogP contribution in [-0.4, -0.2) is 44.2 Å². The zero-order valence-electron chi connectivity index (χ0n) is 21.5. The zero-order chi connectivity index (χ0) is 27.4. The molecule has 1 unspecified atom stereocenters. The van der Waals surface area contributed by atoms with Crippen LogP contribution in [0.5, 0.6) is 23.0 Å². The molecule has 0 aromatic heterocycles. The van der Waals surface area contributed by atoms with Crippen molar-refractivity contribution >= 4 is 34.7 Å². The van der Waals surface area contributed by atoms with Crippen molar-refractivity contribution in [3.05, 3.63) is 82.4 Å². The average molecular weight is 538 g/mol. The fourth-order valence-electron chi connectivity index (χ4n) is 4.44. The molecular formula is C29H28ClNO7. The summed E-state index contributed by atoms with van der Waals surface area (Å²) in [5.41, 5.74) is 1.04. The van der Waals surface area contributed by atoms with E-state index in [1.54, 1.807) is 48.5 Å². The van der Waals surface area contributed by atoms with Gasteiger partial charge in [-0.3, -0.25) is 14.5 Å². The van der Waals surface area contributed by atoms with Crippen LogP contribution in [0.2, 0.25) is 5.02 Å². The van der Waals surface area contributed by atoms with Gasteiger partial charge in [0, 0.05) is 17.8 Å². The normalized spacial score (nSPS) is 16.4. The number of anilines is 1. The lowest BCUT2D eigenvalue weighted by molar-refractivity contribution is -0.132. The molecule has 0 aliphatic carbocycles. The van der Waals surface area contributed by atoms with Crippen molar-refractivity contribution in [2.45, 2.75) is 19.9 Å². The van der Waals surface area contributed by atoms with Crippen LogP contribution < -0.4 is 23.8 Å². The van der Waals surface area contributed by atoms with E-state index in [4.69, 9.17) is 30.5 Å². The molecule has 198 valence electrons. The molecular weight excluding hydrogens is 510 g/mol. The van der Waals surface area contributed by atoms with E-state index >= 15 is 0 Å². The van der Waals surface area contributed by atoms with E-state index in [-0.39, 0.29) is 27.7 Å². The molecule has 3 aromatic carbocycles. The Morgan fingerprint density at radius 1 is 0.895 bits per heavy atom. The van der Waals surface area contributed by atoms with Gasteiger partial charge in [-0.05, 0) is 49.7 Å². The molecule has 3 aromatic rings. The Morgan fingerprint density at radius 2 is 1.53 bits per heavy atom. The molecule has 0 bridgehead atoms. The summed E-state index contributed by atoms with van der Waals surface area (Å²) in [6, 6.07) is 15.9. The van der Waals surface area contributed by atoms with Gasteiger partial charge in [-0.25, -0.2) is 0 Å². The number of carbonyl (C=O) groups is 2. The molecule has 1 aliphatic heterocycles. The summed E-state index contributed by atoms with van der Waals surface area (Å²) in [4.78, 5) is 28.4. The van der Waals surface area contributed by atoms with Crippen molar-refractivity contribution in [1.29, 1.82) is 0 Å². The highest BCUT2D eigenvalue weighted by Gasteiger charge is 2.47. The van der Waals surface area contributed by atoms with Crippen LogP contribution in [0.15, 0.2) is 66.2 Å². The summed E-state index contributed by atoms with van der Waals surface area (Å²) in [7, 11) is 2.84. The minimum absolute atomic E-state index is 0.117. The van der Waals surface area contributed by atoms with E-state index < -0.39 is 23.5 Å². The topological polar surface area (TPSA) is 94.5 Å². The van der Waals surface area contributed by atoms with Crippen molar-refractivity contribution in [2.24, 2.45) is 0 Å². The third-order valence-electron chi connectivity index (χ3n) is 6.07. The van der Waals surface area contributed by atoms with Crippen LogP contribution in [-0.2, 0) is 9.59 Å². The number of carbonyl (C=O) groups excluding carboxylic acids is 2. The van der Waals surface area contributed by atoms with Gasteiger partial charge in [-0.15, -0.1) is 0 Å². The summed E-state index contributed by atoms with van der Waals surface area (Å²) in [6.45, 7) is 4.58. The largest absolute Gasteiger partial charge is 0.507 e. The number of Topliss-reactive ketones (excluding diaryl/α,β-unsaturated/α-hetero) is 1. The fraction of sp³-hybridized carbons (Fsp3) is 0.241. The van der Waals surface area contributed by atoms with Crippen LogP contribution >= 0.6 is 11.6 Å². The maximum atomic E-state index is 13.6. The number of ether oxygens (including phenoxy) is 4. The van der Waals surface area contributed by atoms with Gasteiger partial charge < -0.3 is 24.1 Å². The number of methoxy groups -OCH3 is 2. The fourth-order valence-corrected chi connectivity index (χ4v) is 4.67. The first-order valence-electron chi connectivity index (χ1n) is 12.0. The molecule has 0 saturated carbocycles. The Kier molecular flexibility index (Phi) is 8.12. The number of rotatable bonds is 9. The van der Waals surface area contributed by atoms with Crippen LogP contribution in [0, 0.1) is 0 Å². The molecule has 1 N–H and O–H groups in total. The summed E-state index contributed by atoms with van der Waals surface area (Å²) in [6.07, 6.45) is 0. The number of ketones is 1. The van der Waals surface area contributed by atoms with Crippen molar-refractivity contribution in [3.63, 3.8) is 0 Å². The van der Waals surface area contributed by atoms with Crippen molar-refractivity contribution < 1.29 is 33.6 Å². The second-order valence-electron chi connectivity index (χ2n) is 8.29. The first kappa shape index (κ1) is 26.9. The molecule has 1 amide bonds. The molecule has 38 heavy (non-hydrogen) atoms. The molecule has 0 spiro atoms.